The van der Waals surface area contributed by atoms with Gasteiger partial charge in [-0.05, 0) is 0 Å². The molecule has 0 atom stereocenters. The largest absolute Gasteiger partial charge is 0.481 e. The first-order valence-corrected chi connectivity index (χ1v) is 5.12. The molecule has 0 unspecified atom stereocenters. The summed E-state index contributed by atoms with van der Waals surface area (Å²) in [5.74, 6) is 0.428. The van der Waals surface area contributed by atoms with Crippen molar-refractivity contribution >= 4 is 17.6 Å². The van der Waals surface area contributed by atoms with Gasteiger partial charge in [0.25, 0.3) is 0 Å². The Bertz CT molecular complexity index is 468. The van der Waals surface area contributed by atoms with Crippen molar-refractivity contribution < 1.29 is 9.53 Å². The topological polar surface area (TPSA) is 52.1 Å². The Morgan fingerprint density at radius 1 is 1.47 bits per heavy atom. The van der Waals surface area contributed by atoms with E-state index in [-0.39, 0.29) is 0 Å². The molecule has 0 bridgehead atoms. The normalized spacial score (nSPS) is 9.93. The van der Waals surface area contributed by atoms with Crippen LogP contribution in [0.25, 0.3) is 10.6 Å². The second-order valence-corrected chi connectivity index (χ2v) is 3.66. The van der Waals surface area contributed by atoms with Crippen molar-refractivity contribution in [2.45, 2.75) is 0 Å². The fourth-order valence-electron chi connectivity index (χ4n) is 1.20. The molecule has 2 heterocycles. The smallest absolute Gasteiger partial charge is 0.213 e. The quantitative estimate of drug-likeness (QED) is 0.742. The molecule has 0 spiro atoms. The van der Waals surface area contributed by atoms with E-state index in [0.29, 0.717) is 11.4 Å². The summed E-state index contributed by atoms with van der Waals surface area (Å²) in [7, 11) is 1.51. The molecule has 0 aromatic carbocycles. The van der Waals surface area contributed by atoms with Crippen molar-refractivity contribution in [2.24, 2.45) is 0 Å². The number of carbonyl (C=O) groups is 1. The predicted octanol–water partition coefficient (Wildman–Crippen LogP) is 2.03. The number of thiazole rings is 1. The second kappa shape index (κ2) is 4.18. The van der Waals surface area contributed by atoms with Crippen LogP contribution in [0, 0.1) is 0 Å². The Morgan fingerprint density at radius 2 is 2.33 bits per heavy atom. The van der Waals surface area contributed by atoms with Crippen molar-refractivity contribution in [2.75, 3.05) is 7.11 Å². The maximum absolute atomic E-state index is 10.9. The fraction of sp³-hybridized carbons (Fsp3) is 0.100. The van der Waals surface area contributed by atoms with Crippen LogP contribution < -0.4 is 4.74 Å². The van der Waals surface area contributed by atoms with Gasteiger partial charge in [0.15, 0.2) is 6.29 Å². The van der Waals surface area contributed by atoms with Crippen molar-refractivity contribution in [1.29, 1.82) is 0 Å². The summed E-state index contributed by atoms with van der Waals surface area (Å²) in [6.45, 7) is 0. The van der Waals surface area contributed by atoms with E-state index in [1.165, 1.54) is 18.4 Å². The minimum absolute atomic E-state index is 0.428. The SMILES string of the molecule is COc1cc(C=O)c(-c2nccs2)cn1. The third-order valence-corrected chi connectivity index (χ3v) is 2.72. The van der Waals surface area contributed by atoms with Crippen LogP contribution in [0.2, 0.25) is 0 Å². The zero-order valence-electron chi connectivity index (χ0n) is 8.01. The predicted molar refractivity (Wildman–Crippen MR) is 57.3 cm³/mol. The summed E-state index contributed by atoms with van der Waals surface area (Å²) in [6.07, 6.45) is 4.07. The van der Waals surface area contributed by atoms with Gasteiger partial charge in [0.2, 0.25) is 5.88 Å². The van der Waals surface area contributed by atoms with Crippen molar-refractivity contribution in [3.63, 3.8) is 0 Å². The van der Waals surface area contributed by atoms with Gasteiger partial charge in [0, 0.05) is 35.0 Å². The van der Waals surface area contributed by atoms with Gasteiger partial charge in [-0.1, -0.05) is 0 Å². The number of aldehydes is 1. The van der Waals surface area contributed by atoms with Crippen LogP contribution in [0.15, 0.2) is 23.8 Å². The Balaban J connectivity index is 2.52. The molecule has 0 N–H and O–H groups in total. The molecule has 4 nitrogen and oxygen atoms in total. The lowest BCUT2D eigenvalue weighted by molar-refractivity contribution is 0.112. The number of methoxy groups -OCH3 is 1. The maximum atomic E-state index is 10.9. The molecule has 0 aliphatic heterocycles. The van der Waals surface area contributed by atoms with E-state index in [4.69, 9.17) is 4.74 Å². The average molecular weight is 220 g/mol. The molecule has 0 aliphatic carbocycles. The van der Waals surface area contributed by atoms with Gasteiger partial charge in [-0.15, -0.1) is 11.3 Å². The van der Waals surface area contributed by atoms with Crippen LogP contribution in [-0.4, -0.2) is 23.4 Å². The van der Waals surface area contributed by atoms with Crippen LogP contribution in [0.5, 0.6) is 5.88 Å². The van der Waals surface area contributed by atoms with Gasteiger partial charge in [-0.2, -0.15) is 0 Å². The monoisotopic (exact) mass is 220 g/mol. The summed E-state index contributed by atoms with van der Waals surface area (Å²) in [6, 6.07) is 1.60. The third kappa shape index (κ3) is 1.87. The first-order valence-electron chi connectivity index (χ1n) is 4.24. The molecule has 0 aliphatic rings. The minimum atomic E-state index is 0.428. The Kier molecular flexibility index (Phi) is 2.73. The van der Waals surface area contributed by atoms with Gasteiger partial charge in [-0.25, -0.2) is 9.97 Å². The third-order valence-electron chi connectivity index (χ3n) is 1.91. The number of ether oxygens (including phenoxy) is 1. The summed E-state index contributed by atoms with van der Waals surface area (Å²) >= 11 is 1.47. The lowest BCUT2D eigenvalue weighted by Gasteiger charge is -2.03. The average Bonchev–Trinajstić information content (AvgIpc) is 2.81. The number of hydrogen-bond donors (Lipinski definition) is 0. The van der Waals surface area contributed by atoms with Gasteiger partial charge in [0.1, 0.15) is 5.01 Å². The zero-order chi connectivity index (χ0) is 10.7. The summed E-state index contributed by atoms with van der Waals surface area (Å²) < 4.78 is 4.94. The van der Waals surface area contributed by atoms with Crippen LogP contribution in [-0.2, 0) is 0 Å². The van der Waals surface area contributed by atoms with Crippen LogP contribution in [0.4, 0.5) is 0 Å². The number of nitrogens with zero attached hydrogens (tertiary/aromatic N) is 2. The summed E-state index contributed by atoms with van der Waals surface area (Å²) in [5.41, 5.74) is 1.28. The highest BCUT2D eigenvalue weighted by molar-refractivity contribution is 7.13. The highest BCUT2D eigenvalue weighted by atomic mass is 32.1. The summed E-state index contributed by atoms with van der Waals surface area (Å²) in [5, 5.41) is 2.64. The highest BCUT2D eigenvalue weighted by Gasteiger charge is 2.08. The molecule has 5 heteroatoms. The molecule has 0 radical (unpaired) electrons. The zero-order valence-corrected chi connectivity index (χ0v) is 8.82. The fourth-order valence-corrected chi connectivity index (χ4v) is 1.86. The molecule has 0 saturated carbocycles. The lowest BCUT2D eigenvalue weighted by Crippen LogP contribution is -1.93. The van der Waals surface area contributed by atoms with Gasteiger partial charge in [-0.3, -0.25) is 4.79 Å². The molecular formula is C10H8N2O2S. The van der Waals surface area contributed by atoms with Crippen molar-refractivity contribution in [3.8, 4) is 16.5 Å². The summed E-state index contributed by atoms with van der Waals surface area (Å²) in [4.78, 5) is 19.1. The van der Waals surface area contributed by atoms with E-state index in [0.717, 1.165) is 16.9 Å². The number of rotatable bonds is 3. The lowest BCUT2D eigenvalue weighted by atomic mass is 10.1. The molecule has 0 fully saturated rings. The van der Waals surface area contributed by atoms with E-state index in [9.17, 15) is 4.79 Å². The van der Waals surface area contributed by atoms with Crippen molar-refractivity contribution in [1.82, 2.24) is 9.97 Å². The standard InChI is InChI=1S/C10H8N2O2S/c1-14-9-4-7(6-13)8(5-12-9)10-11-2-3-15-10/h2-6H,1H3. The maximum Gasteiger partial charge on any atom is 0.213 e. The Morgan fingerprint density at radius 3 is 2.93 bits per heavy atom. The minimum Gasteiger partial charge on any atom is -0.481 e. The first kappa shape index (κ1) is 9.79. The van der Waals surface area contributed by atoms with Crippen LogP contribution in [0.1, 0.15) is 10.4 Å². The number of aromatic nitrogens is 2. The molecule has 76 valence electrons. The van der Waals surface area contributed by atoms with E-state index in [1.807, 2.05) is 5.38 Å². The molecular weight excluding hydrogens is 212 g/mol. The number of carbonyl (C=O) groups excluding carboxylic acids is 1. The highest BCUT2D eigenvalue weighted by Crippen LogP contribution is 2.25. The van der Waals surface area contributed by atoms with E-state index in [1.54, 1.807) is 18.5 Å². The first-order chi connectivity index (χ1) is 7.35. The van der Waals surface area contributed by atoms with Crippen LogP contribution in [0.3, 0.4) is 0 Å². The van der Waals surface area contributed by atoms with E-state index >= 15 is 0 Å². The molecule has 0 saturated heterocycles. The Hall–Kier alpha value is -1.75. The number of pyridine rings is 1. The van der Waals surface area contributed by atoms with E-state index in [2.05, 4.69) is 9.97 Å². The van der Waals surface area contributed by atoms with Crippen molar-refractivity contribution in [3.05, 3.63) is 29.4 Å². The van der Waals surface area contributed by atoms with Gasteiger partial charge in [0.05, 0.1) is 7.11 Å². The van der Waals surface area contributed by atoms with Gasteiger partial charge < -0.3 is 4.74 Å². The van der Waals surface area contributed by atoms with Crippen LogP contribution >= 0.6 is 11.3 Å². The van der Waals surface area contributed by atoms with E-state index < -0.39 is 0 Å². The molecule has 15 heavy (non-hydrogen) atoms. The second-order valence-electron chi connectivity index (χ2n) is 2.77. The number of hydrogen-bond acceptors (Lipinski definition) is 5. The molecule has 2 aromatic heterocycles. The Labute approximate surface area is 90.6 Å². The molecule has 0 amide bonds. The van der Waals surface area contributed by atoms with Gasteiger partial charge >= 0.3 is 0 Å². The molecule has 2 rings (SSSR count). The molecule has 2 aromatic rings.